The molecule has 2 heterocycles. The number of fused-ring (bicyclic) bond motifs is 1. The van der Waals surface area contributed by atoms with Crippen molar-refractivity contribution in [3.8, 4) is 0 Å². The molecule has 2 aliphatic rings. The van der Waals surface area contributed by atoms with Gasteiger partial charge in [0.1, 0.15) is 12.4 Å². The number of carbonyl (C=O) groups excluding carboxylic acids is 2. The Morgan fingerprint density at radius 1 is 1.17 bits per heavy atom. The first kappa shape index (κ1) is 19.3. The lowest BCUT2D eigenvalue weighted by atomic mass is 9.73. The first-order valence-electron chi connectivity index (χ1n) is 9.73. The zero-order valence-corrected chi connectivity index (χ0v) is 16.2. The van der Waals surface area contributed by atoms with Crippen LogP contribution in [0.15, 0.2) is 54.6 Å². The summed E-state index contributed by atoms with van der Waals surface area (Å²) < 4.78 is 13.2. The molecule has 0 aromatic heterocycles. The number of allylic oxidation sites excluding steroid dienone is 1. The normalized spacial score (nSPS) is 23.8. The Balaban J connectivity index is 1.57. The van der Waals surface area contributed by atoms with E-state index in [1.54, 1.807) is 4.90 Å². The third-order valence-electron chi connectivity index (χ3n) is 5.81. The molecule has 6 heteroatoms. The van der Waals surface area contributed by atoms with Crippen LogP contribution >= 0.6 is 0 Å². The molecule has 2 aromatic rings. The van der Waals surface area contributed by atoms with Crippen molar-refractivity contribution in [1.82, 2.24) is 9.80 Å². The van der Waals surface area contributed by atoms with E-state index in [9.17, 15) is 19.1 Å². The standard InChI is InChI=1S/C23H23FN2O3/c1-2-3-15-4-6-16(7-5-15)22-19-12-25(13-21(28)26(19)20(22)14-27)23(29)17-8-10-18(24)11-9-17/h2-11,19-20,22,27H,12-14H2,1H3/b3-2+/t19-,20+,22-/m1/s1. The lowest BCUT2D eigenvalue weighted by Gasteiger charge is -2.58. The number of aliphatic hydroxyl groups is 1. The summed E-state index contributed by atoms with van der Waals surface area (Å²) in [7, 11) is 0. The van der Waals surface area contributed by atoms with Crippen LogP contribution in [-0.2, 0) is 4.79 Å². The first-order valence-corrected chi connectivity index (χ1v) is 9.73. The minimum absolute atomic E-state index is 0.0316. The van der Waals surface area contributed by atoms with Gasteiger partial charge in [-0.25, -0.2) is 4.39 Å². The van der Waals surface area contributed by atoms with Gasteiger partial charge in [0.05, 0.1) is 18.7 Å². The molecule has 150 valence electrons. The lowest BCUT2D eigenvalue weighted by molar-refractivity contribution is -0.159. The highest BCUT2D eigenvalue weighted by molar-refractivity contribution is 5.97. The van der Waals surface area contributed by atoms with Crippen molar-refractivity contribution >= 4 is 17.9 Å². The molecule has 2 fully saturated rings. The quantitative estimate of drug-likeness (QED) is 0.867. The van der Waals surface area contributed by atoms with Crippen LogP contribution in [0.1, 0.15) is 34.3 Å². The van der Waals surface area contributed by atoms with Crippen LogP contribution in [0.3, 0.4) is 0 Å². The van der Waals surface area contributed by atoms with Crippen LogP contribution in [0.25, 0.3) is 6.08 Å². The molecule has 0 radical (unpaired) electrons. The molecule has 0 unspecified atom stereocenters. The van der Waals surface area contributed by atoms with E-state index in [0.717, 1.165) is 11.1 Å². The maximum Gasteiger partial charge on any atom is 0.254 e. The van der Waals surface area contributed by atoms with E-state index in [-0.39, 0.29) is 43.0 Å². The minimum atomic E-state index is -0.409. The summed E-state index contributed by atoms with van der Waals surface area (Å²) >= 11 is 0. The molecule has 2 saturated heterocycles. The summed E-state index contributed by atoms with van der Waals surface area (Å²) in [6.07, 6.45) is 3.98. The molecule has 0 saturated carbocycles. The second-order valence-corrected chi connectivity index (χ2v) is 7.50. The van der Waals surface area contributed by atoms with E-state index in [2.05, 4.69) is 0 Å². The van der Waals surface area contributed by atoms with E-state index in [1.165, 1.54) is 29.2 Å². The number of benzene rings is 2. The summed E-state index contributed by atoms with van der Waals surface area (Å²) in [5, 5.41) is 9.87. The first-order chi connectivity index (χ1) is 14.0. The third kappa shape index (κ3) is 3.44. The van der Waals surface area contributed by atoms with Gasteiger partial charge in [0.2, 0.25) is 5.91 Å². The van der Waals surface area contributed by atoms with Crippen LogP contribution in [0.2, 0.25) is 0 Å². The molecule has 29 heavy (non-hydrogen) atoms. The van der Waals surface area contributed by atoms with Crippen molar-refractivity contribution < 1.29 is 19.1 Å². The molecule has 3 atom stereocenters. The fourth-order valence-corrected chi connectivity index (χ4v) is 4.45. The van der Waals surface area contributed by atoms with Gasteiger partial charge in [-0.15, -0.1) is 0 Å². The number of hydrogen-bond acceptors (Lipinski definition) is 3. The number of amides is 2. The number of piperazine rings is 1. The number of hydrogen-bond donors (Lipinski definition) is 1. The minimum Gasteiger partial charge on any atom is -0.394 e. The van der Waals surface area contributed by atoms with Crippen molar-refractivity contribution in [3.63, 3.8) is 0 Å². The van der Waals surface area contributed by atoms with Crippen LogP contribution in [0.4, 0.5) is 4.39 Å². The van der Waals surface area contributed by atoms with E-state index < -0.39 is 5.82 Å². The molecular formula is C23H23FN2O3. The summed E-state index contributed by atoms with van der Waals surface area (Å²) in [6.45, 7) is 2.20. The van der Waals surface area contributed by atoms with E-state index in [1.807, 2.05) is 43.3 Å². The van der Waals surface area contributed by atoms with Gasteiger partial charge in [-0.2, -0.15) is 0 Å². The fourth-order valence-electron chi connectivity index (χ4n) is 4.45. The highest BCUT2D eigenvalue weighted by atomic mass is 19.1. The third-order valence-corrected chi connectivity index (χ3v) is 5.81. The molecule has 2 aromatic carbocycles. The van der Waals surface area contributed by atoms with Gasteiger partial charge in [0.15, 0.2) is 0 Å². The number of rotatable bonds is 4. The van der Waals surface area contributed by atoms with Gasteiger partial charge in [-0.1, -0.05) is 36.4 Å². The Kier molecular flexibility index (Phi) is 5.20. The Bertz CT molecular complexity index is 940. The topological polar surface area (TPSA) is 60.9 Å². The Hall–Kier alpha value is -2.99. The summed E-state index contributed by atoms with van der Waals surface area (Å²) in [5.41, 5.74) is 2.49. The largest absolute Gasteiger partial charge is 0.394 e. The molecule has 4 rings (SSSR count). The van der Waals surface area contributed by atoms with Gasteiger partial charge < -0.3 is 14.9 Å². The number of carbonyl (C=O) groups is 2. The smallest absolute Gasteiger partial charge is 0.254 e. The lowest BCUT2D eigenvalue weighted by Crippen LogP contribution is -2.73. The van der Waals surface area contributed by atoms with Gasteiger partial charge in [-0.05, 0) is 42.3 Å². The van der Waals surface area contributed by atoms with E-state index in [0.29, 0.717) is 12.1 Å². The SMILES string of the molecule is C/C=C/c1ccc([C@@H]2[C@H]3CN(C(=O)c4ccc(F)cc4)CC(=O)N3[C@H]2CO)cc1. The van der Waals surface area contributed by atoms with Crippen LogP contribution in [0.5, 0.6) is 0 Å². The van der Waals surface area contributed by atoms with E-state index in [4.69, 9.17) is 0 Å². The Labute approximate surface area is 169 Å². The predicted octanol–water partition coefficient (Wildman–Crippen LogP) is 2.67. The highest BCUT2D eigenvalue weighted by Crippen LogP contribution is 2.43. The molecule has 5 nitrogen and oxygen atoms in total. The van der Waals surface area contributed by atoms with Crippen molar-refractivity contribution in [2.24, 2.45) is 0 Å². The average Bonchev–Trinajstić information content (AvgIpc) is 2.71. The van der Waals surface area contributed by atoms with Crippen LogP contribution in [-0.4, -0.2) is 58.5 Å². The molecular weight excluding hydrogens is 371 g/mol. The molecule has 1 N–H and O–H groups in total. The van der Waals surface area contributed by atoms with Gasteiger partial charge in [-0.3, -0.25) is 9.59 Å². The fraction of sp³-hybridized carbons (Fsp3) is 0.304. The summed E-state index contributed by atoms with van der Waals surface area (Å²) in [5.74, 6) is -0.897. The second kappa shape index (κ2) is 7.79. The van der Waals surface area contributed by atoms with Crippen molar-refractivity contribution in [2.45, 2.75) is 24.9 Å². The summed E-state index contributed by atoms with van der Waals surface area (Å²) in [4.78, 5) is 28.7. The Morgan fingerprint density at radius 3 is 2.48 bits per heavy atom. The zero-order valence-electron chi connectivity index (χ0n) is 16.2. The average molecular weight is 394 g/mol. The highest BCUT2D eigenvalue weighted by Gasteiger charge is 2.54. The van der Waals surface area contributed by atoms with Crippen molar-refractivity contribution in [1.29, 1.82) is 0 Å². The molecule has 2 amide bonds. The van der Waals surface area contributed by atoms with Crippen molar-refractivity contribution in [3.05, 3.63) is 77.1 Å². The van der Waals surface area contributed by atoms with Crippen LogP contribution < -0.4 is 0 Å². The zero-order chi connectivity index (χ0) is 20.5. The van der Waals surface area contributed by atoms with Crippen molar-refractivity contribution in [2.75, 3.05) is 19.7 Å². The predicted molar refractivity (Wildman–Crippen MR) is 108 cm³/mol. The van der Waals surface area contributed by atoms with Crippen LogP contribution in [0, 0.1) is 5.82 Å². The second-order valence-electron chi connectivity index (χ2n) is 7.50. The Morgan fingerprint density at radius 2 is 1.86 bits per heavy atom. The number of aliphatic hydroxyl groups excluding tert-OH is 1. The molecule has 0 spiro atoms. The maximum atomic E-state index is 13.2. The monoisotopic (exact) mass is 394 g/mol. The number of halogens is 1. The summed E-state index contributed by atoms with van der Waals surface area (Å²) in [6, 6.07) is 13.0. The molecule has 0 bridgehead atoms. The molecule has 2 aliphatic heterocycles. The maximum absolute atomic E-state index is 13.2. The van der Waals surface area contributed by atoms with Gasteiger partial charge in [0.25, 0.3) is 5.91 Å². The van der Waals surface area contributed by atoms with E-state index >= 15 is 0 Å². The molecule has 0 aliphatic carbocycles. The number of nitrogens with zero attached hydrogens (tertiary/aromatic N) is 2. The van der Waals surface area contributed by atoms with Gasteiger partial charge in [0, 0.05) is 18.0 Å². The van der Waals surface area contributed by atoms with Gasteiger partial charge >= 0.3 is 0 Å².